The Kier molecular flexibility index (Phi) is 7.59. The first kappa shape index (κ1) is 34.8. The van der Waals surface area contributed by atoms with E-state index in [1.165, 1.54) is 88.0 Å². The van der Waals surface area contributed by atoms with Crippen LogP contribution in [-0.4, -0.2) is 0 Å². The summed E-state index contributed by atoms with van der Waals surface area (Å²) in [7, 11) is 0. The zero-order valence-corrected chi connectivity index (χ0v) is 33.8. The van der Waals surface area contributed by atoms with E-state index in [1.54, 1.807) is 0 Å². The lowest BCUT2D eigenvalue weighted by Crippen LogP contribution is -2.28. The van der Waals surface area contributed by atoms with E-state index in [0.29, 0.717) is 0 Å². The van der Waals surface area contributed by atoms with Crippen LogP contribution in [0.4, 0.5) is 0 Å². The van der Waals surface area contributed by atoms with Crippen LogP contribution in [0.2, 0.25) is 0 Å². The Hall–Kier alpha value is -8.00. The molecule has 0 saturated carbocycles. The second kappa shape index (κ2) is 13.5. The lowest BCUT2D eigenvalue weighted by atomic mass is 9.67. The van der Waals surface area contributed by atoms with Crippen LogP contribution < -0.4 is 0 Å². The molecule has 0 spiro atoms. The van der Waals surface area contributed by atoms with Gasteiger partial charge in [0.1, 0.15) is 11.2 Å². The zero-order chi connectivity index (χ0) is 40.8. The number of para-hydroxylation sites is 1. The van der Waals surface area contributed by atoms with Crippen molar-refractivity contribution in [2.24, 2.45) is 0 Å². The van der Waals surface area contributed by atoms with Crippen LogP contribution in [0.3, 0.4) is 0 Å². The van der Waals surface area contributed by atoms with Gasteiger partial charge < -0.3 is 4.42 Å². The van der Waals surface area contributed by atoms with Crippen molar-refractivity contribution in [2.75, 3.05) is 0 Å². The van der Waals surface area contributed by atoms with Crippen LogP contribution in [0.15, 0.2) is 235 Å². The molecule has 0 bridgehead atoms. The van der Waals surface area contributed by atoms with E-state index in [9.17, 15) is 0 Å². The van der Waals surface area contributed by atoms with E-state index in [0.717, 1.165) is 33.1 Å². The number of fused-ring (bicyclic) bond motifs is 9. The first-order chi connectivity index (χ1) is 30.8. The highest BCUT2D eigenvalue weighted by Gasteiger charge is 2.46. The van der Waals surface area contributed by atoms with E-state index in [-0.39, 0.29) is 0 Å². The molecule has 13 rings (SSSR count). The first-order valence-corrected chi connectivity index (χ1v) is 21.5. The molecule has 11 aromatic carbocycles. The summed E-state index contributed by atoms with van der Waals surface area (Å²) in [5.41, 5.74) is 16.0. The molecular weight excluding hydrogens is 749 g/mol. The maximum atomic E-state index is 7.07. The third-order valence-corrected chi connectivity index (χ3v) is 13.6. The highest BCUT2D eigenvalue weighted by atomic mass is 16.3. The van der Waals surface area contributed by atoms with Gasteiger partial charge >= 0.3 is 0 Å². The Morgan fingerprint density at radius 2 is 0.790 bits per heavy atom. The predicted octanol–water partition coefficient (Wildman–Crippen LogP) is 16.4. The summed E-state index contributed by atoms with van der Waals surface area (Å²) in [6.07, 6.45) is 0. The fraction of sp³-hybridized carbons (Fsp3) is 0.0164. The van der Waals surface area contributed by atoms with Gasteiger partial charge in [0.15, 0.2) is 0 Å². The van der Waals surface area contributed by atoms with Crippen molar-refractivity contribution in [3.63, 3.8) is 0 Å². The molecule has 1 aliphatic carbocycles. The summed E-state index contributed by atoms with van der Waals surface area (Å²) in [6.45, 7) is 0. The summed E-state index contributed by atoms with van der Waals surface area (Å²) in [6, 6.07) is 84.7. The molecule has 1 heteroatoms. The number of hydrogen-bond acceptors (Lipinski definition) is 1. The molecule has 0 amide bonds. The molecule has 1 aliphatic rings. The summed E-state index contributed by atoms with van der Waals surface area (Å²) in [5.74, 6) is 0. The zero-order valence-electron chi connectivity index (χ0n) is 33.8. The summed E-state index contributed by atoms with van der Waals surface area (Å²) < 4.78 is 7.07. The van der Waals surface area contributed by atoms with Crippen LogP contribution in [0.1, 0.15) is 22.3 Å². The van der Waals surface area contributed by atoms with Gasteiger partial charge in [0.05, 0.1) is 5.41 Å². The number of furan rings is 1. The van der Waals surface area contributed by atoms with E-state index in [1.807, 2.05) is 0 Å². The minimum absolute atomic E-state index is 0.499. The Balaban J connectivity index is 1.10. The molecule has 0 N–H and O–H groups in total. The molecule has 0 aliphatic heterocycles. The van der Waals surface area contributed by atoms with Crippen molar-refractivity contribution in [3.8, 4) is 44.5 Å². The van der Waals surface area contributed by atoms with Gasteiger partial charge in [-0.15, -0.1) is 0 Å². The second-order valence-electron chi connectivity index (χ2n) is 16.6. The van der Waals surface area contributed by atoms with E-state index >= 15 is 0 Å². The second-order valence-corrected chi connectivity index (χ2v) is 16.6. The predicted molar refractivity (Wildman–Crippen MR) is 260 cm³/mol. The minimum atomic E-state index is -0.499. The monoisotopic (exact) mass is 786 g/mol. The van der Waals surface area contributed by atoms with Gasteiger partial charge in [0, 0.05) is 16.3 Å². The van der Waals surface area contributed by atoms with Gasteiger partial charge in [-0.1, -0.05) is 212 Å². The van der Waals surface area contributed by atoms with Crippen LogP contribution in [0.5, 0.6) is 0 Å². The van der Waals surface area contributed by atoms with Gasteiger partial charge in [-0.05, 0) is 112 Å². The van der Waals surface area contributed by atoms with Gasteiger partial charge in [0.25, 0.3) is 0 Å². The summed E-state index contributed by atoms with van der Waals surface area (Å²) in [4.78, 5) is 0. The van der Waals surface area contributed by atoms with Gasteiger partial charge in [-0.25, -0.2) is 0 Å². The van der Waals surface area contributed by atoms with Gasteiger partial charge in [-0.2, -0.15) is 0 Å². The molecule has 1 heterocycles. The maximum Gasteiger partial charge on any atom is 0.143 e. The average molecular weight is 787 g/mol. The van der Waals surface area contributed by atoms with Gasteiger partial charge in [0.2, 0.25) is 0 Å². The molecule has 0 atom stereocenters. The Bertz CT molecular complexity index is 3640. The van der Waals surface area contributed by atoms with Crippen LogP contribution in [0.25, 0.3) is 98.8 Å². The molecule has 1 aromatic heterocycles. The first-order valence-electron chi connectivity index (χ1n) is 21.5. The standard InChI is InChI=1S/C61H38O/c1-3-20-41(21-4-1)61(42-22-5-2-6-23-42)54-32-15-13-25-45(54)46-35-34-40(38-55(46)61)44-36-37-53(59-52-30-14-16-33-56(52)62-60(44)59)58-50-28-11-9-26-48(50)57(49-27-10-12-29-51(49)58)47-31-17-19-39-18-7-8-24-43(39)47/h1-38H. The Morgan fingerprint density at radius 1 is 0.306 bits per heavy atom. The van der Waals surface area contributed by atoms with E-state index in [4.69, 9.17) is 4.42 Å². The topological polar surface area (TPSA) is 13.1 Å². The lowest BCUT2D eigenvalue weighted by Gasteiger charge is -2.34. The van der Waals surface area contributed by atoms with Crippen LogP contribution >= 0.6 is 0 Å². The van der Waals surface area contributed by atoms with Crippen LogP contribution in [-0.2, 0) is 5.41 Å². The van der Waals surface area contributed by atoms with Crippen molar-refractivity contribution in [1.29, 1.82) is 0 Å². The molecule has 288 valence electrons. The van der Waals surface area contributed by atoms with Crippen LogP contribution in [0, 0.1) is 0 Å². The van der Waals surface area contributed by atoms with E-state index < -0.39 is 5.41 Å². The SMILES string of the molecule is c1ccc(C2(c3ccccc3)c3ccccc3-c3ccc(-c4ccc(-c5c6ccccc6c(-c6cccc7ccccc67)c6ccccc56)c5c4oc4ccccc45)cc32)cc1. The normalized spacial score (nSPS) is 13.0. The molecule has 62 heavy (non-hydrogen) atoms. The maximum absolute atomic E-state index is 7.07. The summed E-state index contributed by atoms with van der Waals surface area (Å²) in [5, 5.41) is 9.65. The molecule has 12 aromatic rings. The molecule has 0 fully saturated rings. The fourth-order valence-corrected chi connectivity index (χ4v) is 11.0. The third-order valence-electron chi connectivity index (χ3n) is 13.6. The minimum Gasteiger partial charge on any atom is -0.455 e. The Morgan fingerprint density at radius 3 is 1.48 bits per heavy atom. The number of hydrogen-bond donors (Lipinski definition) is 0. The molecule has 0 radical (unpaired) electrons. The Labute approximate surface area is 359 Å². The van der Waals surface area contributed by atoms with E-state index in [2.05, 4.69) is 231 Å². The fourth-order valence-electron chi connectivity index (χ4n) is 11.0. The van der Waals surface area contributed by atoms with Crippen molar-refractivity contribution in [1.82, 2.24) is 0 Å². The number of rotatable bonds is 5. The molecule has 0 saturated heterocycles. The van der Waals surface area contributed by atoms with Crippen molar-refractivity contribution in [2.45, 2.75) is 5.41 Å². The van der Waals surface area contributed by atoms with Gasteiger partial charge in [-0.3, -0.25) is 0 Å². The summed E-state index contributed by atoms with van der Waals surface area (Å²) >= 11 is 0. The average Bonchev–Trinajstić information content (AvgIpc) is 3.88. The molecule has 1 nitrogen and oxygen atoms in total. The highest BCUT2D eigenvalue weighted by Crippen LogP contribution is 2.57. The van der Waals surface area contributed by atoms with Crippen molar-refractivity contribution < 1.29 is 4.42 Å². The lowest BCUT2D eigenvalue weighted by molar-refractivity contribution is 0.670. The molecular formula is C61H38O. The van der Waals surface area contributed by atoms with Crippen molar-refractivity contribution in [3.05, 3.63) is 253 Å². The molecule has 0 unspecified atom stereocenters. The number of benzene rings is 11. The highest BCUT2D eigenvalue weighted by molar-refractivity contribution is 6.27. The smallest absolute Gasteiger partial charge is 0.143 e. The van der Waals surface area contributed by atoms with Crippen molar-refractivity contribution >= 4 is 54.3 Å². The quantitative estimate of drug-likeness (QED) is 0.158. The largest absolute Gasteiger partial charge is 0.455 e. The third kappa shape index (κ3) is 4.85.